The maximum absolute atomic E-state index is 13.7. The molecule has 0 saturated heterocycles. The number of carbonyl (C=O) groups excluding carboxylic acids is 2. The molecule has 2 aliphatic carbocycles. The van der Waals surface area contributed by atoms with Crippen molar-refractivity contribution in [2.24, 2.45) is 11.3 Å². The number of alkyl halides is 2. The molecule has 2 atom stereocenters. The largest absolute Gasteiger partial charge is 0.326 e. The molecule has 2 unspecified atom stereocenters. The SMILES string of the molecule is N#CC1(CC(=O)c2cc(NC(=O)C3C(c4cc(F)cc(Cl)c4)C3(Cl)Cl)ccc2Cl)CC1. The molecule has 9 heteroatoms. The van der Waals surface area contributed by atoms with Crippen LogP contribution < -0.4 is 5.32 Å². The molecule has 4 nitrogen and oxygen atoms in total. The van der Waals surface area contributed by atoms with Gasteiger partial charge in [-0.25, -0.2) is 4.39 Å². The van der Waals surface area contributed by atoms with Crippen LogP contribution in [-0.2, 0) is 4.79 Å². The van der Waals surface area contributed by atoms with Crippen LogP contribution in [0.3, 0.4) is 0 Å². The summed E-state index contributed by atoms with van der Waals surface area (Å²) in [6.45, 7) is 0. The highest BCUT2D eigenvalue weighted by atomic mass is 35.5. The second kappa shape index (κ2) is 7.94. The third kappa shape index (κ3) is 4.40. The molecule has 1 N–H and O–H groups in total. The molecule has 4 rings (SSSR count). The predicted molar refractivity (Wildman–Crippen MR) is 118 cm³/mol. The van der Waals surface area contributed by atoms with Crippen LogP contribution in [0, 0.1) is 28.5 Å². The van der Waals surface area contributed by atoms with Crippen molar-refractivity contribution in [3.05, 3.63) is 63.4 Å². The van der Waals surface area contributed by atoms with Crippen LogP contribution in [0.2, 0.25) is 10.0 Å². The van der Waals surface area contributed by atoms with E-state index in [9.17, 15) is 19.2 Å². The average molecular weight is 500 g/mol. The third-order valence-electron chi connectivity index (χ3n) is 5.70. The molecule has 2 fully saturated rings. The summed E-state index contributed by atoms with van der Waals surface area (Å²) in [6.07, 6.45) is 1.45. The van der Waals surface area contributed by atoms with Crippen molar-refractivity contribution in [1.82, 2.24) is 0 Å². The lowest BCUT2D eigenvalue weighted by Crippen LogP contribution is -2.17. The van der Waals surface area contributed by atoms with Gasteiger partial charge in [-0.3, -0.25) is 9.59 Å². The van der Waals surface area contributed by atoms with Crippen molar-refractivity contribution in [3.8, 4) is 6.07 Å². The number of benzene rings is 2. The lowest BCUT2D eigenvalue weighted by Gasteiger charge is -2.10. The van der Waals surface area contributed by atoms with E-state index in [1.807, 2.05) is 0 Å². The van der Waals surface area contributed by atoms with Gasteiger partial charge in [-0.15, -0.1) is 23.2 Å². The van der Waals surface area contributed by atoms with Crippen molar-refractivity contribution in [2.75, 3.05) is 5.32 Å². The lowest BCUT2D eigenvalue weighted by atomic mass is 9.96. The van der Waals surface area contributed by atoms with Crippen LogP contribution in [0.4, 0.5) is 10.1 Å². The number of amides is 1. The van der Waals surface area contributed by atoms with Gasteiger partial charge in [0.25, 0.3) is 0 Å². The first kappa shape index (κ1) is 22.4. The van der Waals surface area contributed by atoms with Crippen LogP contribution in [0.1, 0.15) is 41.1 Å². The summed E-state index contributed by atoms with van der Waals surface area (Å²) < 4.78 is 12.3. The summed E-state index contributed by atoms with van der Waals surface area (Å²) in [4.78, 5) is 25.5. The van der Waals surface area contributed by atoms with Gasteiger partial charge in [-0.2, -0.15) is 5.26 Å². The number of Topliss-reactive ketones (excluding diaryl/α,β-unsaturated/α-hetero) is 1. The Morgan fingerprint density at radius 1 is 1.16 bits per heavy atom. The smallest absolute Gasteiger partial charge is 0.231 e. The molecule has 2 aliphatic rings. The highest BCUT2D eigenvalue weighted by molar-refractivity contribution is 6.53. The first-order valence-electron chi connectivity index (χ1n) is 9.45. The molecule has 2 saturated carbocycles. The number of carbonyl (C=O) groups is 2. The molecule has 0 radical (unpaired) electrons. The molecule has 0 bridgehead atoms. The second-order valence-electron chi connectivity index (χ2n) is 8.01. The second-order valence-corrected chi connectivity index (χ2v) is 10.3. The fourth-order valence-electron chi connectivity index (χ4n) is 3.74. The van der Waals surface area contributed by atoms with E-state index in [1.54, 1.807) is 6.07 Å². The van der Waals surface area contributed by atoms with Crippen molar-refractivity contribution in [2.45, 2.75) is 29.5 Å². The first-order chi connectivity index (χ1) is 14.6. The number of nitrogens with one attached hydrogen (secondary N) is 1. The Hall–Kier alpha value is -1.84. The van der Waals surface area contributed by atoms with Crippen molar-refractivity contribution in [1.29, 1.82) is 5.26 Å². The Morgan fingerprint density at radius 2 is 1.87 bits per heavy atom. The van der Waals surface area contributed by atoms with Gasteiger partial charge in [0.05, 0.1) is 22.4 Å². The zero-order chi connectivity index (χ0) is 22.6. The van der Waals surface area contributed by atoms with Crippen LogP contribution in [0.5, 0.6) is 0 Å². The maximum Gasteiger partial charge on any atom is 0.231 e. The summed E-state index contributed by atoms with van der Waals surface area (Å²) in [5.41, 5.74) is 0.387. The average Bonchev–Trinajstić information content (AvgIpc) is 3.57. The molecule has 0 aromatic heterocycles. The number of hydrogen-bond acceptors (Lipinski definition) is 3. The van der Waals surface area contributed by atoms with Gasteiger partial charge in [0.1, 0.15) is 10.2 Å². The Bertz CT molecular complexity index is 1120. The highest BCUT2D eigenvalue weighted by Crippen LogP contribution is 2.65. The Balaban J connectivity index is 1.51. The zero-order valence-corrected chi connectivity index (χ0v) is 18.9. The highest BCUT2D eigenvalue weighted by Gasteiger charge is 2.67. The lowest BCUT2D eigenvalue weighted by molar-refractivity contribution is -0.117. The summed E-state index contributed by atoms with van der Waals surface area (Å²) >= 11 is 24.7. The van der Waals surface area contributed by atoms with Gasteiger partial charge in [-0.05, 0) is 54.8 Å². The van der Waals surface area contributed by atoms with Crippen LogP contribution in [0.15, 0.2) is 36.4 Å². The molecular weight excluding hydrogens is 485 g/mol. The quantitative estimate of drug-likeness (QED) is 0.362. The van der Waals surface area contributed by atoms with Gasteiger partial charge in [0, 0.05) is 28.6 Å². The van der Waals surface area contributed by atoms with E-state index in [2.05, 4.69) is 11.4 Å². The Morgan fingerprint density at radius 3 is 2.48 bits per heavy atom. The first-order valence-corrected chi connectivity index (χ1v) is 11.0. The summed E-state index contributed by atoms with van der Waals surface area (Å²) in [5.74, 6) is -2.77. The molecule has 0 spiro atoms. The number of ketones is 1. The van der Waals surface area contributed by atoms with E-state index in [1.165, 1.54) is 24.3 Å². The summed E-state index contributed by atoms with van der Waals surface area (Å²) in [5, 5.41) is 12.3. The normalized spacial score (nSPS) is 22.3. The van der Waals surface area contributed by atoms with Gasteiger partial charge in [0.15, 0.2) is 5.78 Å². The number of nitriles is 1. The number of nitrogens with zero attached hydrogens (tertiary/aromatic N) is 1. The molecule has 160 valence electrons. The van der Waals surface area contributed by atoms with Crippen LogP contribution in [-0.4, -0.2) is 16.0 Å². The third-order valence-corrected chi connectivity index (χ3v) is 7.19. The van der Waals surface area contributed by atoms with E-state index in [0.29, 0.717) is 24.1 Å². The van der Waals surface area contributed by atoms with E-state index in [4.69, 9.17) is 46.4 Å². The molecule has 1 amide bonds. The van der Waals surface area contributed by atoms with Gasteiger partial charge < -0.3 is 5.32 Å². The van der Waals surface area contributed by atoms with Gasteiger partial charge >= 0.3 is 0 Å². The van der Waals surface area contributed by atoms with E-state index < -0.39 is 33.3 Å². The minimum Gasteiger partial charge on any atom is -0.326 e. The van der Waals surface area contributed by atoms with Crippen molar-refractivity contribution >= 4 is 63.8 Å². The number of hydrogen-bond donors (Lipinski definition) is 1. The zero-order valence-electron chi connectivity index (χ0n) is 15.9. The topological polar surface area (TPSA) is 70.0 Å². The van der Waals surface area contributed by atoms with E-state index >= 15 is 0 Å². The monoisotopic (exact) mass is 498 g/mol. The van der Waals surface area contributed by atoms with E-state index in [-0.39, 0.29) is 27.8 Å². The number of rotatable bonds is 6. The summed E-state index contributed by atoms with van der Waals surface area (Å²) in [7, 11) is 0. The van der Waals surface area contributed by atoms with Gasteiger partial charge in [0.2, 0.25) is 5.91 Å². The molecule has 2 aromatic rings. The maximum atomic E-state index is 13.7. The van der Waals surface area contributed by atoms with Crippen molar-refractivity contribution in [3.63, 3.8) is 0 Å². The van der Waals surface area contributed by atoms with Gasteiger partial charge in [-0.1, -0.05) is 23.2 Å². The fraction of sp³-hybridized carbons (Fsp3) is 0.318. The van der Waals surface area contributed by atoms with Crippen LogP contribution >= 0.6 is 46.4 Å². The Kier molecular flexibility index (Phi) is 5.72. The molecule has 2 aromatic carbocycles. The van der Waals surface area contributed by atoms with E-state index in [0.717, 1.165) is 6.07 Å². The molecular formula is C22H15Cl4FN2O2. The van der Waals surface area contributed by atoms with Crippen LogP contribution in [0.25, 0.3) is 0 Å². The number of anilines is 1. The number of halogens is 5. The standard InChI is InChI=1S/C22H15Cl4FN2O2/c23-12-5-11(6-13(27)7-12)18-19(22(18,25)26)20(31)29-14-1-2-16(24)15(8-14)17(30)9-21(10-28)3-4-21/h1-2,5-8,18-19H,3-4,9H2,(H,29,31). The minimum absolute atomic E-state index is 0.0815. The molecule has 0 heterocycles. The predicted octanol–water partition coefficient (Wildman–Crippen LogP) is 6.54. The minimum atomic E-state index is -1.42. The Labute approximate surface area is 198 Å². The summed E-state index contributed by atoms with van der Waals surface area (Å²) in [6, 6.07) is 10.6. The van der Waals surface area contributed by atoms with Crippen molar-refractivity contribution < 1.29 is 14.0 Å². The molecule has 0 aliphatic heterocycles. The fourth-order valence-corrected chi connectivity index (χ4v) is 5.02. The molecule has 31 heavy (non-hydrogen) atoms.